The number of nitrogens with one attached hydrogen (secondary N) is 1. The van der Waals surface area contributed by atoms with E-state index >= 15 is 0 Å². The maximum Gasteiger partial charge on any atom is 0.244 e. The highest BCUT2D eigenvalue weighted by Gasteiger charge is 1.94. The molecule has 1 heterocycles. The van der Waals surface area contributed by atoms with Gasteiger partial charge in [-0.3, -0.25) is 4.79 Å². The molecule has 0 atom stereocenters. The summed E-state index contributed by atoms with van der Waals surface area (Å²) in [6.07, 6.45) is 8.27. The molecule has 0 radical (unpaired) electrons. The molecular formula is C11H11NOS. The smallest absolute Gasteiger partial charge is 0.244 e. The second-order valence-corrected chi connectivity index (χ2v) is 4.02. The van der Waals surface area contributed by atoms with Crippen LogP contribution in [0.25, 0.3) is 6.08 Å². The van der Waals surface area contributed by atoms with Gasteiger partial charge in [0.15, 0.2) is 0 Å². The molecule has 14 heavy (non-hydrogen) atoms. The standard InChI is InChI=1S/C11H11NOS/c1-3-8-12-11(13)7-6-10-5-4-9(2)14-10/h1,4-7H,8H2,2H3,(H,12,13)/b7-6+. The Bertz CT molecular complexity index is 384. The van der Waals surface area contributed by atoms with E-state index in [1.165, 1.54) is 11.0 Å². The van der Waals surface area contributed by atoms with Gasteiger partial charge in [-0.05, 0) is 25.1 Å². The summed E-state index contributed by atoms with van der Waals surface area (Å²) in [5.41, 5.74) is 0. The van der Waals surface area contributed by atoms with Gasteiger partial charge in [0.25, 0.3) is 0 Å². The molecule has 1 N–H and O–H groups in total. The summed E-state index contributed by atoms with van der Waals surface area (Å²) < 4.78 is 0. The fourth-order valence-electron chi connectivity index (χ4n) is 0.898. The number of rotatable bonds is 3. The highest BCUT2D eigenvalue weighted by molar-refractivity contribution is 7.12. The molecule has 0 saturated carbocycles. The molecule has 0 bridgehead atoms. The zero-order valence-corrected chi connectivity index (χ0v) is 8.73. The van der Waals surface area contributed by atoms with Gasteiger partial charge in [-0.25, -0.2) is 0 Å². The number of hydrogen-bond donors (Lipinski definition) is 1. The number of carbonyl (C=O) groups excluding carboxylic acids is 1. The second-order valence-electron chi connectivity index (χ2n) is 2.70. The molecule has 0 aliphatic rings. The number of carbonyl (C=O) groups is 1. The fourth-order valence-corrected chi connectivity index (χ4v) is 1.68. The average Bonchev–Trinajstić information content (AvgIpc) is 2.58. The molecule has 0 fully saturated rings. The summed E-state index contributed by atoms with van der Waals surface area (Å²) >= 11 is 1.65. The van der Waals surface area contributed by atoms with E-state index in [-0.39, 0.29) is 12.5 Å². The van der Waals surface area contributed by atoms with Gasteiger partial charge in [-0.1, -0.05) is 5.92 Å². The SMILES string of the molecule is C#CCNC(=O)/C=C/c1ccc(C)s1. The Balaban J connectivity index is 2.48. The molecule has 1 amide bonds. The molecular weight excluding hydrogens is 194 g/mol. The summed E-state index contributed by atoms with van der Waals surface area (Å²) in [7, 11) is 0. The van der Waals surface area contributed by atoms with Crippen molar-refractivity contribution < 1.29 is 4.79 Å². The topological polar surface area (TPSA) is 29.1 Å². The third-order valence-corrected chi connectivity index (χ3v) is 2.49. The average molecular weight is 205 g/mol. The van der Waals surface area contributed by atoms with E-state index < -0.39 is 0 Å². The molecule has 0 spiro atoms. The largest absolute Gasteiger partial charge is 0.342 e. The fraction of sp³-hybridized carbons (Fsp3) is 0.182. The second kappa shape index (κ2) is 5.25. The van der Waals surface area contributed by atoms with E-state index in [9.17, 15) is 4.79 Å². The van der Waals surface area contributed by atoms with Crippen LogP contribution in [0.1, 0.15) is 9.75 Å². The Labute approximate surface area is 87.6 Å². The minimum atomic E-state index is -0.158. The first kappa shape index (κ1) is 10.6. The lowest BCUT2D eigenvalue weighted by Crippen LogP contribution is -2.20. The minimum absolute atomic E-state index is 0.158. The summed E-state index contributed by atoms with van der Waals surface area (Å²) in [4.78, 5) is 13.4. The zero-order chi connectivity index (χ0) is 10.4. The van der Waals surface area contributed by atoms with Gasteiger partial charge >= 0.3 is 0 Å². The van der Waals surface area contributed by atoms with Crippen molar-refractivity contribution in [1.82, 2.24) is 5.32 Å². The van der Waals surface area contributed by atoms with Crippen LogP contribution < -0.4 is 5.32 Å². The monoisotopic (exact) mass is 205 g/mol. The summed E-state index contributed by atoms with van der Waals surface area (Å²) in [6.45, 7) is 2.30. The van der Waals surface area contributed by atoms with E-state index in [0.717, 1.165) is 4.88 Å². The predicted octanol–water partition coefficient (Wildman–Crippen LogP) is 1.82. The molecule has 0 aliphatic heterocycles. The van der Waals surface area contributed by atoms with Crippen molar-refractivity contribution in [2.75, 3.05) is 6.54 Å². The number of terminal acetylenes is 1. The maximum atomic E-state index is 11.1. The van der Waals surface area contributed by atoms with Crippen LogP contribution in [0.4, 0.5) is 0 Å². The number of thiophene rings is 1. The number of aryl methyl sites for hydroxylation is 1. The van der Waals surface area contributed by atoms with Gasteiger partial charge in [0, 0.05) is 15.8 Å². The molecule has 1 aromatic heterocycles. The first-order chi connectivity index (χ1) is 6.72. The molecule has 0 aliphatic carbocycles. The van der Waals surface area contributed by atoms with Gasteiger partial charge in [0.1, 0.15) is 0 Å². The van der Waals surface area contributed by atoms with Crippen molar-refractivity contribution in [2.24, 2.45) is 0 Å². The molecule has 3 heteroatoms. The quantitative estimate of drug-likeness (QED) is 0.592. The predicted molar refractivity (Wildman–Crippen MR) is 59.9 cm³/mol. The van der Waals surface area contributed by atoms with Crippen LogP contribution in [0.3, 0.4) is 0 Å². The number of hydrogen-bond acceptors (Lipinski definition) is 2. The summed E-state index contributed by atoms with van der Waals surface area (Å²) in [5, 5.41) is 2.55. The van der Waals surface area contributed by atoms with Gasteiger partial charge < -0.3 is 5.32 Å². The van der Waals surface area contributed by atoms with Crippen LogP contribution in [0.15, 0.2) is 18.2 Å². The Hall–Kier alpha value is -1.53. The van der Waals surface area contributed by atoms with Gasteiger partial charge in [-0.15, -0.1) is 17.8 Å². The van der Waals surface area contributed by atoms with E-state index in [2.05, 4.69) is 11.2 Å². The lowest BCUT2D eigenvalue weighted by atomic mass is 10.4. The van der Waals surface area contributed by atoms with Crippen molar-refractivity contribution >= 4 is 23.3 Å². The number of amides is 1. The first-order valence-electron chi connectivity index (χ1n) is 4.18. The molecule has 0 saturated heterocycles. The molecule has 2 nitrogen and oxygen atoms in total. The van der Waals surface area contributed by atoms with Crippen molar-refractivity contribution in [2.45, 2.75) is 6.92 Å². The zero-order valence-electron chi connectivity index (χ0n) is 7.91. The van der Waals surface area contributed by atoms with E-state index in [1.54, 1.807) is 17.4 Å². The van der Waals surface area contributed by atoms with E-state index in [1.807, 2.05) is 19.1 Å². The highest BCUT2D eigenvalue weighted by atomic mass is 32.1. The van der Waals surface area contributed by atoms with Crippen LogP contribution in [0.5, 0.6) is 0 Å². The van der Waals surface area contributed by atoms with Crippen LogP contribution in [-0.4, -0.2) is 12.5 Å². The van der Waals surface area contributed by atoms with Crippen LogP contribution in [0.2, 0.25) is 0 Å². The van der Waals surface area contributed by atoms with Crippen molar-refractivity contribution in [3.05, 3.63) is 28.0 Å². The lowest BCUT2D eigenvalue weighted by molar-refractivity contribution is -0.116. The van der Waals surface area contributed by atoms with Crippen molar-refractivity contribution in [3.63, 3.8) is 0 Å². The summed E-state index contributed by atoms with van der Waals surface area (Å²) in [6, 6.07) is 3.99. The van der Waals surface area contributed by atoms with Crippen LogP contribution in [0, 0.1) is 19.3 Å². The Morgan fingerprint density at radius 3 is 3.07 bits per heavy atom. The van der Waals surface area contributed by atoms with Gasteiger partial charge in [-0.2, -0.15) is 0 Å². The normalized spacial score (nSPS) is 10.0. The van der Waals surface area contributed by atoms with E-state index in [0.29, 0.717) is 0 Å². The van der Waals surface area contributed by atoms with Gasteiger partial charge in [0.2, 0.25) is 5.91 Å². The maximum absolute atomic E-state index is 11.1. The molecule has 1 aromatic rings. The third kappa shape index (κ3) is 3.46. The highest BCUT2D eigenvalue weighted by Crippen LogP contribution is 2.15. The molecule has 0 unspecified atom stereocenters. The Morgan fingerprint density at radius 1 is 1.71 bits per heavy atom. The third-order valence-electron chi connectivity index (χ3n) is 1.52. The minimum Gasteiger partial charge on any atom is -0.342 e. The van der Waals surface area contributed by atoms with Crippen LogP contribution in [-0.2, 0) is 4.79 Å². The molecule has 0 aromatic carbocycles. The Morgan fingerprint density at radius 2 is 2.50 bits per heavy atom. The first-order valence-corrected chi connectivity index (χ1v) is 5.00. The van der Waals surface area contributed by atoms with Gasteiger partial charge in [0.05, 0.1) is 6.54 Å². The summed E-state index contributed by atoms with van der Waals surface area (Å²) in [5.74, 6) is 2.18. The lowest BCUT2D eigenvalue weighted by Gasteiger charge is -1.92. The van der Waals surface area contributed by atoms with Crippen LogP contribution >= 0.6 is 11.3 Å². The molecule has 1 rings (SSSR count). The Kier molecular flexibility index (Phi) is 3.96. The van der Waals surface area contributed by atoms with E-state index in [4.69, 9.17) is 6.42 Å². The van der Waals surface area contributed by atoms with Crippen molar-refractivity contribution in [1.29, 1.82) is 0 Å². The molecule has 72 valence electrons. The van der Waals surface area contributed by atoms with Crippen molar-refractivity contribution in [3.8, 4) is 12.3 Å².